The van der Waals surface area contributed by atoms with Crippen LogP contribution in [0.4, 0.5) is 0 Å². The van der Waals surface area contributed by atoms with E-state index in [4.69, 9.17) is 0 Å². The van der Waals surface area contributed by atoms with Crippen molar-refractivity contribution in [3.8, 4) is 0 Å². The highest BCUT2D eigenvalue weighted by Crippen LogP contribution is 2.48. The molecule has 2 unspecified atom stereocenters. The van der Waals surface area contributed by atoms with Crippen LogP contribution in [0, 0.1) is 5.92 Å². The van der Waals surface area contributed by atoms with E-state index in [1.165, 1.54) is 16.7 Å². The standard InChI is InChI=1S/C23H26O/c1-3-11-19-20(12-4-2)23(24)22(18-15-9-6-10-16-18)21(19)17-13-7-5-8-14-17/h5-10,13-16,20,22H,3-4,11-12H2,1-2H3. The van der Waals surface area contributed by atoms with Crippen LogP contribution < -0.4 is 0 Å². The molecule has 0 N–H and O–H groups in total. The van der Waals surface area contributed by atoms with E-state index in [1.807, 2.05) is 24.3 Å². The van der Waals surface area contributed by atoms with E-state index < -0.39 is 0 Å². The Bertz CT molecular complexity index is 712. The Labute approximate surface area is 145 Å². The van der Waals surface area contributed by atoms with Crippen molar-refractivity contribution in [3.63, 3.8) is 0 Å². The van der Waals surface area contributed by atoms with Crippen molar-refractivity contribution in [3.05, 3.63) is 77.4 Å². The zero-order valence-corrected chi connectivity index (χ0v) is 14.7. The van der Waals surface area contributed by atoms with Crippen LogP contribution in [0.1, 0.15) is 56.6 Å². The summed E-state index contributed by atoms with van der Waals surface area (Å²) in [5.41, 5.74) is 4.99. The van der Waals surface area contributed by atoms with Gasteiger partial charge in [-0.15, -0.1) is 0 Å². The van der Waals surface area contributed by atoms with Crippen molar-refractivity contribution in [2.75, 3.05) is 0 Å². The van der Waals surface area contributed by atoms with Gasteiger partial charge in [-0.05, 0) is 29.5 Å². The maximum Gasteiger partial charge on any atom is 0.151 e. The van der Waals surface area contributed by atoms with Gasteiger partial charge in [-0.2, -0.15) is 0 Å². The SMILES string of the molecule is CCCC1=C(c2ccccc2)C(c2ccccc2)C(=O)C1CCC. The zero-order valence-electron chi connectivity index (χ0n) is 14.7. The van der Waals surface area contributed by atoms with Crippen molar-refractivity contribution in [2.45, 2.75) is 45.4 Å². The Morgan fingerprint density at radius 1 is 0.833 bits per heavy atom. The second kappa shape index (κ2) is 7.61. The van der Waals surface area contributed by atoms with Crippen molar-refractivity contribution in [2.24, 2.45) is 5.92 Å². The second-order valence-electron chi connectivity index (χ2n) is 6.64. The van der Waals surface area contributed by atoms with Crippen LogP contribution in [0.25, 0.3) is 5.57 Å². The molecule has 0 amide bonds. The van der Waals surface area contributed by atoms with Crippen molar-refractivity contribution < 1.29 is 4.79 Å². The molecule has 0 radical (unpaired) electrons. The lowest BCUT2D eigenvalue weighted by molar-refractivity contribution is -0.121. The maximum atomic E-state index is 13.3. The molecule has 2 aromatic carbocycles. The highest BCUT2D eigenvalue weighted by atomic mass is 16.1. The van der Waals surface area contributed by atoms with E-state index in [1.54, 1.807) is 0 Å². The summed E-state index contributed by atoms with van der Waals surface area (Å²) in [6.45, 7) is 4.38. The fraction of sp³-hybridized carbons (Fsp3) is 0.348. The molecule has 124 valence electrons. The molecule has 0 saturated carbocycles. The summed E-state index contributed by atoms with van der Waals surface area (Å²) in [7, 11) is 0. The van der Waals surface area contributed by atoms with Gasteiger partial charge in [0.05, 0.1) is 5.92 Å². The summed E-state index contributed by atoms with van der Waals surface area (Å²) in [4.78, 5) is 13.3. The number of hydrogen-bond acceptors (Lipinski definition) is 1. The Balaban J connectivity index is 2.17. The third-order valence-electron chi connectivity index (χ3n) is 5.00. The Kier molecular flexibility index (Phi) is 5.30. The van der Waals surface area contributed by atoms with Crippen LogP contribution in [-0.4, -0.2) is 5.78 Å². The average Bonchev–Trinajstić information content (AvgIpc) is 2.90. The molecule has 2 aromatic rings. The summed E-state index contributed by atoms with van der Waals surface area (Å²) in [5, 5.41) is 0. The average molecular weight is 318 g/mol. The van der Waals surface area contributed by atoms with Crippen LogP contribution in [0.3, 0.4) is 0 Å². The number of ketones is 1. The monoisotopic (exact) mass is 318 g/mol. The minimum Gasteiger partial charge on any atom is -0.298 e. The first-order valence-electron chi connectivity index (χ1n) is 9.14. The summed E-state index contributed by atoms with van der Waals surface area (Å²) >= 11 is 0. The summed E-state index contributed by atoms with van der Waals surface area (Å²) in [6.07, 6.45) is 4.12. The van der Waals surface area contributed by atoms with Crippen molar-refractivity contribution >= 4 is 11.4 Å². The largest absolute Gasteiger partial charge is 0.298 e. The van der Waals surface area contributed by atoms with Crippen LogP contribution in [0.2, 0.25) is 0 Å². The topological polar surface area (TPSA) is 17.1 Å². The smallest absolute Gasteiger partial charge is 0.151 e. The normalized spacial score (nSPS) is 20.7. The molecule has 0 aliphatic heterocycles. The van der Waals surface area contributed by atoms with Gasteiger partial charge in [-0.1, -0.05) is 92.9 Å². The molecule has 1 nitrogen and oxygen atoms in total. The predicted octanol–water partition coefficient (Wildman–Crippen LogP) is 6.02. The van der Waals surface area contributed by atoms with Crippen LogP contribution in [-0.2, 0) is 4.79 Å². The number of benzene rings is 2. The molecule has 0 spiro atoms. The van der Waals surface area contributed by atoms with E-state index in [-0.39, 0.29) is 11.8 Å². The predicted molar refractivity (Wildman–Crippen MR) is 101 cm³/mol. The van der Waals surface area contributed by atoms with Gasteiger partial charge in [0, 0.05) is 5.92 Å². The third kappa shape index (κ3) is 3.08. The lowest BCUT2D eigenvalue weighted by atomic mass is 9.86. The molecule has 1 heteroatoms. The van der Waals surface area contributed by atoms with Crippen LogP contribution in [0.5, 0.6) is 0 Å². The van der Waals surface area contributed by atoms with Gasteiger partial charge in [0.2, 0.25) is 0 Å². The second-order valence-corrected chi connectivity index (χ2v) is 6.64. The number of rotatable bonds is 6. The number of allylic oxidation sites excluding steroid dienone is 2. The number of hydrogen-bond donors (Lipinski definition) is 0. The van der Waals surface area contributed by atoms with E-state index >= 15 is 0 Å². The Hall–Kier alpha value is -2.15. The first-order valence-corrected chi connectivity index (χ1v) is 9.14. The van der Waals surface area contributed by atoms with Gasteiger partial charge in [0.25, 0.3) is 0 Å². The van der Waals surface area contributed by atoms with Crippen molar-refractivity contribution in [1.29, 1.82) is 0 Å². The summed E-state index contributed by atoms with van der Waals surface area (Å²) in [5.74, 6) is 0.382. The molecular formula is C23H26O. The van der Waals surface area contributed by atoms with Crippen molar-refractivity contribution in [1.82, 2.24) is 0 Å². The van der Waals surface area contributed by atoms with Gasteiger partial charge >= 0.3 is 0 Å². The van der Waals surface area contributed by atoms with Gasteiger partial charge in [0.1, 0.15) is 0 Å². The Morgan fingerprint density at radius 3 is 2.04 bits per heavy atom. The third-order valence-corrected chi connectivity index (χ3v) is 5.00. The highest BCUT2D eigenvalue weighted by Gasteiger charge is 2.41. The number of Topliss-reactive ketones (excluding diaryl/α,β-unsaturated/α-hetero) is 1. The maximum absolute atomic E-state index is 13.3. The quantitative estimate of drug-likeness (QED) is 0.636. The minimum absolute atomic E-state index is 0.0929. The Morgan fingerprint density at radius 2 is 1.46 bits per heavy atom. The number of carbonyl (C=O) groups is 1. The number of carbonyl (C=O) groups excluding carboxylic acids is 1. The lowest BCUT2D eigenvalue weighted by Crippen LogP contribution is -2.16. The zero-order chi connectivity index (χ0) is 16.9. The highest BCUT2D eigenvalue weighted by molar-refractivity contribution is 6.07. The van der Waals surface area contributed by atoms with Crippen LogP contribution >= 0.6 is 0 Å². The molecule has 3 rings (SSSR count). The molecule has 1 aliphatic rings. The first-order chi connectivity index (χ1) is 11.8. The van der Waals surface area contributed by atoms with Gasteiger partial charge < -0.3 is 0 Å². The van der Waals surface area contributed by atoms with E-state index in [0.717, 1.165) is 31.2 Å². The van der Waals surface area contributed by atoms with Gasteiger partial charge in [-0.25, -0.2) is 0 Å². The molecule has 1 aliphatic carbocycles. The molecule has 0 fully saturated rings. The first kappa shape index (κ1) is 16.7. The molecular weight excluding hydrogens is 292 g/mol. The fourth-order valence-electron chi connectivity index (χ4n) is 4.02. The fourth-order valence-corrected chi connectivity index (χ4v) is 4.02. The van der Waals surface area contributed by atoms with Gasteiger partial charge in [0.15, 0.2) is 5.78 Å². The summed E-state index contributed by atoms with van der Waals surface area (Å²) in [6, 6.07) is 20.8. The molecule has 24 heavy (non-hydrogen) atoms. The van der Waals surface area contributed by atoms with Crippen LogP contribution in [0.15, 0.2) is 66.2 Å². The lowest BCUT2D eigenvalue weighted by Gasteiger charge is -2.16. The van der Waals surface area contributed by atoms with E-state index in [2.05, 4.69) is 50.2 Å². The summed E-state index contributed by atoms with van der Waals surface area (Å²) < 4.78 is 0. The molecule has 0 aromatic heterocycles. The van der Waals surface area contributed by atoms with E-state index in [9.17, 15) is 4.79 Å². The molecule has 0 saturated heterocycles. The molecule has 0 bridgehead atoms. The van der Waals surface area contributed by atoms with E-state index in [0.29, 0.717) is 5.78 Å². The minimum atomic E-state index is -0.105. The molecule has 2 atom stereocenters. The molecule has 0 heterocycles. The van der Waals surface area contributed by atoms with Gasteiger partial charge in [-0.3, -0.25) is 4.79 Å².